The minimum Gasteiger partial charge on any atom is -0.477 e. The fourth-order valence-corrected chi connectivity index (χ4v) is 2.79. The minimum absolute atomic E-state index is 0.102. The van der Waals surface area contributed by atoms with Crippen molar-refractivity contribution < 1.29 is 9.90 Å². The minimum atomic E-state index is -0.905. The van der Waals surface area contributed by atoms with E-state index in [-0.39, 0.29) is 11.8 Å². The normalized spacial score (nSPS) is 23.6. The van der Waals surface area contributed by atoms with Gasteiger partial charge in [0.15, 0.2) is 0 Å². The highest BCUT2D eigenvalue weighted by Crippen LogP contribution is 2.27. The van der Waals surface area contributed by atoms with Gasteiger partial charge in [-0.2, -0.15) is 0 Å². The number of carboxylic acid groups (broad SMARTS) is 1. The molecule has 2 aliphatic rings. The van der Waals surface area contributed by atoms with Crippen molar-refractivity contribution >= 4 is 17.4 Å². The highest BCUT2D eigenvalue weighted by Gasteiger charge is 2.32. The number of benzene rings is 1. The first-order chi connectivity index (χ1) is 9.25. The van der Waals surface area contributed by atoms with E-state index in [2.05, 4.69) is 15.2 Å². The van der Waals surface area contributed by atoms with E-state index < -0.39 is 5.97 Å². The maximum absolute atomic E-state index is 11.4. The van der Waals surface area contributed by atoms with Crippen LogP contribution < -0.4 is 5.32 Å². The van der Waals surface area contributed by atoms with E-state index in [4.69, 9.17) is 0 Å². The van der Waals surface area contributed by atoms with Crippen molar-refractivity contribution in [2.24, 2.45) is 4.99 Å². The van der Waals surface area contributed by atoms with Crippen molar-refractivity contribution in [1.82, 2.24) is 10.2 Å². The van der Waals surface area contributed by atoms with Crippen molar-refractivity contribution in [3.8, 4) is 0 Å². The molecule has 2 N–H and O–H groups in total. The van der Waals surface area contributed by atoms with Crippen molar-refractivity contribution in [3.63, 3.8) is 0 Å². The van der Waals surface area contributed by atoms with Gasteiger partial charge in [0.05, 0.1) is 11.7 Å². The van der Waals surface area contributed by atoms with Gasteiger partial charge < -0.3 is 10.4 Å². The number of rotatable bonds is 2. The summed E-state index contributed by atoms with van der Waals surface area (Å²) >= 11 is 0. The molecule has 5 nitrogen and oxygen atoms in total. The van der Waals surface area contributed by atoms with Crippen molar-refractivity contribution in [3.05, 3.63) is 29.8 Å². The molecule has 0 bridgehead atoms. The fraction of sp³-hybridized carbons (Fsp3) is 0.429. The molecule has 0 radical (unpaired) electrons. The summed E-state index contributed by atoms with van der Waals surface area (Å²) in [6, 6.07) is 7.69. The lowest BCUT2D eigenvalue weighted by atomic mass is 9.95. The highest BCUT2D eigenvalue weighted by molar-refractivity contribution is 6.38. The molecule has 100 valence electrons. The van der Waals surface area contributed by atoms with E-state index in [9.17, 15) is 9.90 Å². The predicted octanol–water partition coefficient (Wildman–Crippen LogP) is 0.674. The Balaban J connectivity index is 1.94. The number of nitrogens with one attached hydrogen (secondary N) is 1. The fourth-order valence-electron chi connectivity index (χ4n) is 2.79. The maximum Gasteiger partial charge on any atom is 0.351 e. The van der Waals surface area contributed by atoms with Crippen LogP contribution in [0.1, 0.15) is 5.56 Å². The number of aliphatic carboxylic acids is 1. The Hall–Kier alpha value is -1.72. The van der Waals surface area contributed by atoms with Crippen LogP contribution in [0.2, 0.25) is 0 Å². The molecule has 0 spiro atoms. The van der Waals surface area contributed by atoms with E-state index in [1.165, 1.54) is 0 Å². The van der Waals surface area contributed by atoms with Crippen molar-refractivity contribution in [2.45, 2.75) is 12.5 Å². The van der Waals surface area contributed by atoms with Gasteiger partial charge in [-0.25, -0.2) is 9.79 Å². The van der Waals surface area contributed by atoms with Crippen LogP contribution in [0.3, 0.4) is 0 Å². The molecule has 2 aliphatic heterocycles. The number of piperazine rings is 1. The van der Waals surface area contributed by atoms with Crippen LogP contribution in [0.4, 0.5) is 5.69 Å². The van der Waals surface area contributed by atoms with Crippen LogP contribution in [0, 0.1) is 0 Å². The lowest BCUT2D eigenvalue weighted by Crippen LogP contribution is -2.54. The molecule has 1 aromatic rings. The zero-order chi connectivity index (χ0) is 13.2. The Labute approximate surface area is 112 Å². The van der Waals surface area contributed by atoms with Gasteiger partial charge in [-0.15, -0.1) is 0 Å². The molecule has 0 aliphatic carbocycles. The molecule has 1 saturated heterocycles. The summed E-state index contributed by atoms with van der Waals surface area (Å²) in [5.41, 5.74) is 2.21. The number of hydrogen-bond acceptors (Lipinski definition) is 4. The third-order valence-electron chi connectivity index (χ3n) is 3.77. The first kappa shape index (κ1) is 12.3. The zero-order valence-electron chi connectivity index (χ0n) is 10.7. The second-order valence-corrected chi connectivity index (χ2v) is 4.94. The Morgan fingerprint density at radius 3 is 2.79 bits per heavy atom. The van der Waals surface area contributed by atoms with Gasteiger partial charge in [-0.1, -0.05) is 18.2 Å². The van der Waals surface area contributed by atoms with E-state index in [1.54, 1.807) is 0 Å². The molecule has 19 heavy (non-hydrogen) atoms. The summed E-state index contributed by atoms with van der Waals surface area (Å²) in [6.45, 7) is 3.56. The van der Waals surface area contributed by atoms with Crippen LogP contribution >= 0.6 is 0 Å². The third-order valence-corrected chi connectivity index (χ3v) is 3.77. The van der Waals surface area contributed by atoms with E-state index in [0.29, 0.717) is 0 Å². The molecule has 2 heterocycles. The smallest absolute Gasteiger partial charge is 0.351 e. The van der Waals surface area contributed by atoms with Gasteiger partial charge in [-0.3, -0.25) is 4.90 Å². The van der Waals surface area contributed by atoms with E-state index in [1.807, 2.05) is 24.3 Å². The molecule has 1 aromatic carbocycles. The molecule has 3 rings (SSSR count). The molecule has 0 aromatic heterocycles. The van der Waals surface area contributed by atoms with Crippen LogP contribution in [-0.2, 0) is 11.2 Å². The Morgan fingerprint density at radius 2 is 2.05 bits per heavy atom. The lowest BCUT2D eigenvalue weighted by Gasteiger charge is -2.36. The maximum atomic E-state index is 11.4. The topological polar surface area (TPSA) is 64.9 Å². The van der Waals surface area contributed by atoms with Crippen molar-refractivity contribution in [1.29, 1.82) is 0 Å². The second-order valence-electron chi connectivity index (χ2n) is 4.94. The van der Waals surface area contributed by atoms with Gasteiger partial charge in [0.1, 0.15) is 5.71 Å². The first-order valence-electron chi connectivity index (χ1n) is 6.60. The quantitative estimate of drug-likeness (QED) is 0.819. The van der Waals surface area contributed by atoms with E-state index in [0.717, 1.165) is 43.9 Å². The SMILES string of the molecule is O=C(O)C1=Nc2ccccc2CC1N1CCNCC1. The summed E-state index contributed by atoms with van der Waals surface area (Å²) in [4.78, 5) is 18.0. The van der Waals surface area contributed by atoms with Gasteiger partial charge in [-0.05, 0) is 18.1 Å². The van der Waals surface area contributed by atoms with Crippen LogP contribution in [0.5, 0.6) is 0 Å². The predicted molar refractivity (Wildman–Crippen MR) is 73.1 cm³/mol. The summed E-state index contributed by atoms with van der Waals surface area (Å²) < 4.78 is 0. The summed E-state index contributed by atoms with van der Waals surface area (Å²) in [6.07, 6.45) is 0.737. The van der Waals surface area contributed by atoms with Gasteiger partial charge in [0, 0.05) is 26.2 Å². The molecule has 0 amide bonds. The number of nitrogens with zero attached hydrogens (tertiary/aromatic N) is 2. The number of para-hydroxylation sites is 1. The molecule has 1 unspecified atom stereocenters. The van der Waals surface area contributed by atoms with Gasteiger partial charge in [0.2, 0.25) is 0 Å². The molecule has 0 saturated carbocycles. The Bertz CT molecular complexity index is 521. The van der Waals surface area contributed by atoms with E-state index >= 15 is 0 Å². The van der Waals surface area contributed by atoms with Crippen LogP contribution in [-0.4, -0.2) is 53.9 Å². The van der Waals surface area contributed by atoms with Crippen molar-refractivity contribution in [2.75, 3.05) is 26.2 Å². The third kappa shape index (κ3) is 2.39. The number of carboxylic acids is 1. The molecular formula is C14H17N3O2. The number of hydrogen-bond donors (Lipinski definition) is 2. The van der Waals surface area contributed by atoms with Crippen LogP contribution in [0.25, 0.3) is 0 Å². The molecule has 1 fully saturated rings. The molecule has 5 heteroatoms. The lowest BCUT2D eigenvalue weighted by molar-refractivity contribution is -0.129. The average molecular weight is 259 g/mol. The first-order valence-corrected chi connectivity index (χ1v) is 6.60. The standard InChI is InChI=1S/C14H17N3O2/c18-14(19)13-12(17-7-5-15-6-8-17)9-10-3-1-2-4-11(10)16-13/h1-4,12,15H,5-9H2,(H,18,19). The van der Waals surface area contributed by atoms with Crippen LogP contribution in [0.15, 0.2) is 29.3 Å². The molecular weight excluding hydrogens is 242 g/mol. The Kier molecular flexibility index (Phi) is 3.31. The summed E-state index contributed by atoms with van der Waals surface area (Å²) in [7, 11) is 0. The average Bonchev–Trinajstić information content (AvgIpc) is 2.46. The largest absolute Gasteiger partial charge is 0.477 e. The Morgan fingerprint density at radius 1 is 1.32 bits per heavy atom. The number of aliphatic imine (C=N–C) groups is 1. The second kappa shape index (κ2) is 5.11. The number of carbonyl (C=O) groups is 1. The number of fused-ring (bicyclic) bond motifs is 1. The monoisotopic (exact) mass is 259 g/mol. The van der Waals surface area contributed by atoms with Gasteiger partial charge >= 0.3 is 5.97 Å². The van der Waals surface area contributed by atoms with Gasteiger partial charge in [0.25, 0.3) is 0 Å². The summed E-state index contributed by atoms with van der Waals surface area (Å²) in [5, 5.41) is 12.7. The highest BCUT2D eigenvalue weighted by atomic mass is 16.4. The zero-order valence-corrected chi connectivity index (χ0v) is 10.7. The molecule has 1 atom stereocenters. The summed E-state index contributed by atoms with van der Waals surface area (Å²) in [5.74, 6) is -0.905.